The van der Waals surface area contributed by atoms with E-state index < -0.39 is 5.82 Å². The lowest BCUT2D eigenvalue weighted by Crippen LogP contribution is -1.93. The van der Waals surface area contributed by atoms with E-state index in [9.17, 15) is 4.39 Å². The SMILES string of the molecule is N#CCc1cccc(-c2cccc(Cl)c2Cl)c1F. The van der Waals surface area contributed by atoms with Gasteiger partial charge in [0.25, 0.3) is 0 Å². The summed E-state index contributed by atoms with van der Waals surface area (Å²) in [6.45, 7) is 0. The van der Waals surface area contributed by atoms with Crippen molar-refractivity contribution in [2.75, 3.05) is 0 Å². The maximum Gasteiger partial charge on any atom is 0.135 e. The minimum absolute atomic E-state index is 0.0257. The Morgan fingerprint density at radius 2 is 1.72 bits per heavy atom. The van der Waals surface area contributed by atoms with Crippen molar-refractivity contribution in [3.8, 4) is 17.2 Å². The van der Waals surface area contributed by atoms with Gasteiger partial charge in [-0.3, -0.25) is 0 Å². The maximum absolute atomic E-state index is 14.2. The highest BCUT2D eigenvalue weighted by Gasteiger charge is 2.13. The summed E-state index contributed by atoms with van der Waals surface area (Å²) in [5.74, 6) is -0.428. The molecule has 0 unspecified atom stereocenters. The summed E-state index contributed by atoms with van der Waals surface area (Å²) in [6, 6.07) is 11.9. The van der Waals surface area contributed by atoms with Crippen molar-refractivity contribution in [1.29, 1.82) is 5.26 Å². The van der Waals surface area contributed by atoms with E-state index in [1.54, 1.807) is 36.4 Å². The molecule has 90 valence electrons. The zero-order valence-electron chi connectivity index (χ0n) is 9.25. The fourth-order valence-electron chi connectivity index (χ4n) is 1.72. The van der Waals surface area contributed by atoms with Crippen LogP contribution in [0.5, 0.6) is 0 Å². The molecule has 0 amide bonds. The van der Waals surface area contributed by atoms with Gasteiger partial charge in [0, 0.05) is 16.7 Å². The van der Waals surface area contributed by atoms with E-state index in [4.69, 9.17) is 28.5 Å². The number of benzene rings is 2. The van der Waals surface area contributed by atoms with E-state index in [1.807, 2.05) is 6.07 Å². The van der Waals surface area contributed by atoms with E-state index >= 15 is 0 Å². The number of nitrogens with zero attached hydrogens (tertiary/aromatic N) is 1. The zero-order valence-corrected chi connectivity index (χ0v) is 10.8. The summed E-state index contributed by atoms with van der Waals surface area (Å²) < 4.78 is 14.2. The van der Waals surface area contributed by atoms with Gasteiger partial charge in [0.1, 0.15) is 5.82 Å². The molecule has 0 N–H and O–H groups in total. The number of nitriles is 1. The van der Waals surface area contributed by atoms with Crippen LogP contribution in [0.3, 0.4) is 0 Å². The van der Waals surface area contributed by atoms with Crippen molar-refractivity contribution in [2.45, 2.75) is 6.42 Å². The van der Waals surface area contributed by atoms with Crippen LogP contribution in [0.4, 0.5) is 4.39 Å². The number of hydrogen-bond acceptors (Lipinski definition) is 1. The minimum atomic E-state index is -0.428. The molecule has 1 nitrogen and oxygen atoms in total. The summed E-state index contributed by atoms with van der Waals surface area (Å²) in [5.41, 5.74) is 1.24. The van der Waals surface area contributed by atoms with Gasteiger partial charge in [0.15, 0.2) is 0 Å². The van der Waals surface area contributed by atoms with Gasteiger partial charge in [0.2, 0.25) is 0 Å². The van der Waals surface area contributed by atoms with Gasteiger partial charge in [0.05, 0.1) is 22.5 Å². The molecule has 2 aromatic rings. The fourth-order valence-corrected chi connectivity index (χ4v) is 2.12. The Hall–Kier alpha value is -1.56. The van der Waals surface area contributed by atoms with Crippen LogP contribution in [-0.2, 0) is 6.42 Å². The molecule has 0 spiro atoms. The zero-order chi connectivity index (χ0) is 13.1. The molecule has 2 rings (SSSR count). The Balaban J connectivity index is 2.62. The second-order valence-electron chi connectivity index (χ2n) is 3.71. The lowest BCUT2D eigenvalue weighted by molar-refractivity contribution is 0.619. The van der Waals surface area contributed by atoms with Gasteiger partial charge < -0.3 is 0 Å². The predicted octanol–water partition coefficient (Wildman–Crippen LogP) is 4.87. The molecule has 0 aliphatic carbocycles. The first-order chi connectivity index (χ1) is 8.65. The summed E-state index contributed by atoms with van der Waals surface area (Å²) >= 11 is 12.0. The third-order valence-corrected chi connectivity index (χ3v) is 3.41. The van der Waals surface area contributed by atoms with Gasteiger partial charge in [-0.25, -0.2) is 4.39 Å². The number of halogens is 3. The van der Waals surface area contributed by atoms with Gasteiger partial charge in [-0.05, 0) is 6.07 Å². The molecule has 18 heavy (non-hydrogen) atoms. The summed E-state index contributed by atoms with van der Waals surface area (Å²) in [6.07, 6.45) is 0.0257. The Kier molecular flexibility index (Phi) is 3.86. The Labute approximate surface area is 114 Å². The first-order valence-corrected chi connectivity index (χ1v) is 5.99. The van der Waals surface area contributed by atoms with Crippen molar-refractivity contribution < 1.29 is 4.39 Å². The molecule has 0 aromatic heterocycles. The average molecular weight is 280 g/mol. The Morgan fingerprint density at radius 3 is 2.44 bits per heavy atom. The number of hydrogen-bond donors (Lipinski definition) is 0. The molecule has 0 aliphatic rings. The highest BCUT2D eigenvalue weighted by Crippen LogP contribution is 2.35. The second-order valence-corrected chi connectivity index (χ2v) is 4.50. The molecule has 2 aromatic carbocycles. The third kappa shape index (κ3) is 2.33. The molecular weight excluding hydrogens is 272 g/mol. The van der Waals surface area contributed by atoms with Crippen molar-refractivity contribution in [1.82, 2.24) is 0 Å². The van der Waals surface area contributed by atoms with Crippen LogP contribution in [0.1, 0.15) is 5.56 Å². The third-order valence-electron chi connectivity index (χ3n) is 2.59. The lowest BCUT2D eigenvalue weighted by atomic mass is 10.0. The predicted molar refractivity (Wildman–Crippen MR) is 71.2 cm³/mol. The monoisotopic (exact) mass is 279 g/mol. The van der Waals surface area contributed by atoms with E-state index in [2.05, 4.69) is 0 Å². The van der Waals surface area contributed by atoms with E-state index in [0.29, 0.717) is 26.7 Å². The summed E-state index contributed by atoms with van der Waals surface area (Å²) in [4.78, 5) is 0. The minimum Gasteiger partial charge on any atom is -0.206 e. The fraction of sp³-hybridized carbons (Fsp3) is 0.0714. The van der Waals surface area contributed by atoms with E-state index in [1.165, 1.54) is 0 Å². The van der Waals surface area contributed by atoms with E-state index in [-0.39, 0.29) is 6.42 Å². The number of rotatable bonds is 2. The highest BCUT2D eigenvalue weighted by molar-refractivity contribution is 6.43. The van der Waals surface area contributed by atoms with Crippen LogP contribution >= 0.6 is 23.2 Å². The average Bonchev–Trinajstić information content (AvgIpc) is 2.36. The largest absolute Gasteiger partial charge is 0.206 e. The van der Waals surface area contributed by atoms with Crippen molar-refractivity contribution in [2.24, 2.45) is 0 Å². The molecule has 4 heteroatoms. The van der Waals surface area contributed by atoms with Crippen LogP contribution in [0.2, 0.25) is 10.0 Å². The Morgan fingerprint density at radius 1 is 1.06 bits per heavy atom. The topological polar surface area (TPSA) is 23.8 Å². The molecule has 0 fully saturated rings. The van der Waals surface area contributed by atoms with Gasteiger partial charge in [-0.2, -0.15) is 5.26 Å². The summed E-state index contributed by atoms with van der Waals surface area (Å²) in [5, 5.41) is 9.33. The van der Waals surface area contributed by atoms with Crippen LogP contribution in [0, 0.1) is 17.1 Å². The molecule has 0 atom stereocenters. The highest BCUT2D eigenvalue weighted by atomic mass is 35.5. The standard InChI is InChI=1S/C14H8Cl2FN/c15-12-6-2-4-10(13(12)16)11-5-1-3-9(7-8-18)14(11)17/h1-6H,7H2. The normalized spacial score (nSPS) is 10.1. The first-order valence-electron chi connectivity index (χ1n) is 5.24. The molecule has 0 heterocycles. The summed E-state index contributed by atoms with van der Waals surface area (Å²) in [7, 11) is 0. The molecule has 0 aliphatic heterocycles. The molecule has 0 saturated heterocycles. The Bertz CT molecular complexity index is 632. The van der Waals surface area contributed by atoms with Crippen LogP contribution in [0.25, 0.3) is 11.1 Å². The van der Waals surface area contributed by atoms with E-state index in [0.717, 1.165) is 0 Å². The van der Waals surface area contributed by atoms with Crippen LogP contribution in [-0.4, -0.2) is 0 Å². The first kappa shape index (κ1) is 12.9. The van der Waals surface area contributed by atoms with Crippen molar-refractivity contribution in [3.05, 3.63) is 57.8 Å². The second kappa shape index (κ2) is 5.39. The molecule has 0 bridgehead atoms. The maximum atomic E-state index is 14.2. The molecular formula is C14H8Cl2FN. The van der Waals surface area contributed by atoms with Crippen LogP contribution in [0.15, 0.2) is 36.4 Å². The van der Waals surface area contributed by atoms with Crippen molar-refractivity contribution in [3.63, 3.8) is 0 Å². The van der Waals surface area contributed by atoms with Crippen LogP contribution < -0.4 is 0 Å². The van der Waals surface area contributed by atoms with Gasteiger partial charge >= 0.3 is 0 Å². The molecule has 0 saturated carbocycles. The lowest BCUT2D eigenvalue weighted by Gasteiger charge is -2.09. The van der Waals surface area contributed by atoms with Gasteiger partial charge in [-0.15, -0.1) is 0 Å². The smallest absolute Gasteiger partial charge is 0.135 e. The quantitative estimate of drug-likeness (QED) is 0.770. The molecule has 0 radical (unpaired) electrons. The van der Waals surface area contributed by atoms with Gasteiger partial charge in [-0.1, -0.05) is 53.5 Å². The van der Waals surface area contributed by atoms with Crippen molar-refractivity contribution >= 4 is 23.2 Å².